The van der Waals surface area contributed by atoms with Gasteiger partial charge in [0.05, 0.1) is 34.3 Å². The molecule has 1 aromatic heterocycles. The van der Waals surface area contributed by atoms with Crippen LogP contribution in [0.1, 0.15) is 11.1 Å². The Morgan fingerprint density at radius 3 is 1.39 bits per heavy atom. The van der Waals surface area contributed by atoms with Crippen molar-refractivity contribution in [3.05, 3.63) is 163 Å². The van der Waals surface area contributed by atoms with Crippen LogP contribution in [-0.2, 0) is 0 Å². The lowest BCUT2D eigenvalue weighted by molar-refractivity contribution is 1.18. The SMILES string of the molecule is N#Cc1ccc(-c2c3ccccc3c(-c3ccc4c5c3ccc3c(C#N)ccc(c35)n4-c3ccccc3)c3ccccc23)c2ccccc12. The summed E-state index contributed by atoms with van der Waals surface area (Å²) in [7, 11) is 0. The number of hydrogen-bond donors (Lipinski definition) is 0. The van der Waals surface area contributed by atoms with Gasteiger partial charge in [-0.05, 0) is 91.0 Å². The van der Waals surface area contributed by atoms with Crippen LogP contribution in [0.15, 0.2) is 152 Å². The minimum absolute atomic E-state index is 0.678. The molecule has 0 amide bonds. The fourth-order valence-electron chi connectivity index (χ4n) is 8.25. The van der Waals surface area contributed by atoms with Crippen LogP contribution >= 0.6 is 0 Å². The zero-order valence-electron chi connectivity index (χ0n) is 26.3. The van der Waals surface area contributed by atoms with Gasteiger partial charge in [-0.3, -0.25) is 0 Å². The van der Waals surface area contributed by atoms with Gasteiger partial charge in [0.1, 0.15) is 0 Å². The molecule has 0 fully saturated rings. The summed E-state index contributed by atoms with van der Waals surface area (Å²) >= 11 is 0. The molecule has 0 atom stereocenters. The van der Waals surface area contributed by atoms with Crippen LogP contribution in [0.4, 0.5) is 0 Å². The van der Waals surface area contributed by atoms with Crippen LogP contribution in [0.5, 0.6) is 0 Å². The van der Waals surface area contributed by atoms with E-state index in [1.54, 1.807) is 0 Å². The van der Waals surface area contributed by atoms with E-state index < -0.39 is 0 Å². The molecule has 0 aliphatic carbocycles. The number of rotatable bonds is 3. The zero-order chi connectivity index (χ0) is 32.6. The Kier molecular flexibility index (Phi) is 5.71. The lowest BCUT2D eigenvalue weighted by Gasteiger charge is -2.20. The molecular weight excluding hydrogens is 595 g/mol. The number of benzene rings is 9. The largest absolute Gasteiger partial charge is 0.309 e. The average molecular weight is 620 g/mol. The summed E-state index contributed by atoms with van der Waals surface area (Å²) in [6, 6.07) is 57.9. The van der Waals surface area contributed by atoms with E-state index in [1.807, 2.05) is 30.3 Å². The average Bonchev–Trinajstić information content (AvgIpc) is 3.51. The van der Waals surface area contributed by atoms with Gasteiger partial charge in [-0.25, -0.2) is 0 Å². The molecule has 0 aliphatic rings. The molecule has 3 heteroatoms. The van der Waals surface area contributed by atoms with Crippen molar-refractivity contribution >= 4 is 64.9 Å². The molecule has 0 aliphatic heterocycles. The first-order valence-corrected chi connectivity index (χ1v) is 16.4. The molecule has 1 heterocycles. The molecule has 224 valence electrons. The summed E-state index contributed by atoms with van der Waals surface area (Å²) in [6.45, 7) is 0. The maximum Gasteiger partial charge on any atom is 0.0998 e. The van der Waals surface area contributed by atoms with E-state index in [1.165, 1.54) is 27.3 Å². The molecule has 0 saturated heterocycles. The second-order valence-electron chi connectivity index (χ2n) is 12.6. The van der Waals surface area contributed by atoms with Gasteiger partial charge in [-0.1, -0.05) is 115 Å². The van der Waals surface area contributed by atoms with Crippen molar-refractivity contribution in [1.29, 1.82) is 10.5 Å². The summed E-state index contributed by atoms with van der Waals surface area (Å²) in [4.78, 5) is 0. The molecule has 10 rings (SSSR count). The molecule has 0 N–H and O–H groups in total. The maximum atomic E-state index is 10.1. The molecule has 0 radical (unpaired) electrons. The van der Waals surface area contributed by atoms with Crippen LogP contribution in [0.25, 0.3) is 92.8 Å². The fraction of sp³-hybridized carbons (Fsp3) is 0. The number of hydrogen-bond acceptors (Lipinski definition) is 2. The normalized spacial score (nSPS) is 11.6. The standard InChI is InChI=1S/C46H25N3/c47-26-28-18-20-38(33-13-5-4-12-31(28)33)43-34-14-6-8-16-36(34)44(37-17-9-7-15-35(37)43)39-23-25-42-46-40(39)22-21-32-29(27-48)19-24-41(45(32)46)49(42)30-10-2-1-3-11-30/h1-25H. The summed E-state index contributed by atoms with van der Waals surface area (Å²) in [5.74, 6) is 0. The Bertz CT molecular complexity index is 3000. The van der Waals surface area contributed by atoms with Crippen molar-refractivity contribution in [1.82, 2.24) is 4.57 Å². The highest BCUT2D eigenvalue weighted by molar-refractivity contribution is 6.31. The smallest absolute Gasteiger partial charge is 0.0998 e. The Morgan fingerprint density at radius 1 is 0.347 bits per heavy atom. The van der Waals surface area contributed by atoms with Crippen LogP contribution in [-0.4, -0.2) is 4.57 Å². The zero-order valence-corrected chi connectivity index (χ0v) is 26.3. The van der Waals surface area contributed by atoms with E-state index in [2.05, 4.69) is 138 Å². The van der Waals surface area contributed by atoms with Crippen molar-refractivity contribution in [2.45, 2.75) is 0 Å². The predicted octanol–water partition coefficient (Wildman–Crippen LogP) is 11.9. The summed E-state index contributed by atoms with van der Waals surface area (Å²) in [5.41, 5.74) is 9.30. The number of nitriles is 2. The van der Waals surface area contributed by atoms with Gasteiger partial charge in [-0.2, -0.15) is 10.5 Å². The first-order chi connectivity index (χ1) is 24.3. The molecule has 0 spiro atoms. The molecule has 0 saturated carbocycles. The van der Waals surface area contributed by atoms with Crippen LogP contribution in [0.3, 0.4) is 0 Å². The van der Waals surface area contributed by atoms with Crippen LogP contribution in [0, 0.1) is 22.7 Å². The van der Waals surface area contributed by atoms with E-state index in [4.69, 9.17) is 0 Å². The van der Waals surface area contributed by atoms with Gasteiger partial charge in [0.25, 0.3) is 0 Å². The lowest BCUT2D eigenvalue weighted by atomic mass is 9.83. The number of aromatic nitrogens is 1. The van der Waals surface area contributed by atoms with Crippen LogP contribution < -0.4 is 0 Å². The first kappa shape index (κ1) is 27.2. The molecule has 0 bridgehead atoms. The Hall–Kier alpha value is -6.94. The van der Waals surface area contributed by atoms with E-state index in [0.717, 1.165) is 65.6 Å². The van der Waals surface area contributed by atoms with Gasteiger partial charge in [0, 0.05) is 27.2 Å². The van der Waals surface area contributed by atoms with Crippen molar-refractivity contribution in [2.24, 2.45) is 0 Å². The third-order valence-electron chi connectivity index (χ3n) is 10.2. The van der Waals surface area contributed by atoms with E-state index in [0.29, 0.717) is 11.1 Å². The van der Waals surface area contributed by atoms with Gasteiger partial charge < -0.3 is 4.57 Å². The highest BCUT2D eigenvalue weighted by atomic mass is 15.0. The van der Waals surface area contributed by atoms with E-state index in [-0.39, 0.29) is 0 Å². The van der Waals surface area contributed by atoms with Crippen molar-refractivity contribution in [3.63, 3.8) is 0 Å². The molecule has 10 aromatic rings. The number of para-hydroxylation sites is 1. The van der Waals surface area contributed by atoms with E-state index >= 15 is 0 Å². The summed E-state index contributed by atoms with van der Waals surface area (Å²) < 4.78 is 2.32. The Balaban J connectivity index is 1.36. The Labute approximate surface area is 282 Å². The maximum absolute atomic E-state index is 10.1. The molecular formula is C46H25N3. The van der Waals surface area contributed by atoms with Gasteiger partial charge in [0.15, 0.2) is 0 Å². The molecule has 3 nitrogen and oxygen atoms in total. The monoisotopic (exact) mass is 619 g/mol. The Morgan fingerprint density at radius 2 is 0.776 bits per heavy atom. The number of nitrogens with zero attached hydrogens (tertiary/aromatic N) is 3. The van der Waals surface area contributed by atoms with Crippen molar-refractivity contribution in [2.75, 3.05) is 0 Å². The molecule has 0 unspecified atom stereocenters. The highest BCUT2D eigenvalue weighted by Gasteiger charge is 2.23. The minimum Gasteiger partial charge on any atom is -0.309 e. The number of fused-ring (bicyclic) bond motifs is 3. The van der Waals surface area contributed by atoms with Crippen molar-refractivity contribution < 1.29 is 0 Å². The molecule has 9 aromatic carbocycles. The topological polar surface area (TPSA) is 52.5 Å². The van der Waals surface area contributed by atoms with E-state index in [9.17, 15) is 10.5 Å². The summed E-state index contributed by atoms with van der Waals surface area (Å²) in [6.07, 6.45) is 0. The summed E-state index contributed by atoms with van der Waals surface area (Å²) in [5, 5.41) is 31.1. The third-order valence-corrected chi connectivity index (χ3v) is 10.2. The lowest BCUT2D eigenvalue weighted by Crippen LogP contribution is -1.94. The van der Waals surface area contributed by atoms with Gasteiger partial charge in [0.2, 0.25) is 0 Å². The molecule has 49 heavy (non-hydrogen) atoms. The second-order valence-corrected chi connectivity index (χ2v) is 12.6. The third kappa shape index (κ3) is 3.70. The highest BCUT2D eigenvalue weighted by Crippen LogP contribution is 2.49. The van der Waals surface area contributed by atoms with Gasteiger partial charge in [-0.15, -0.1) is 0 Å². The minimum atomic E-state index is 0.678. The predicted molar refractivity (Wildman–Crippen MR) is 202 cm³/mol. The first-order valence-electron chi connectivity index (χ1n) is 16.4. The van der Waals surface area contributed by atoms with Crippen molar-refractivity contribution in [3.8, 4) is 40.1 Å². The second kappa shape index (κ2) is 10.3. The quantitative estimate of drug-likeness (QED) is 0.146. The van der Waals surface area contributed by atoms with Crippen LogP contribution in [0.2, 0.25) is 0 Å². The fourth-order valence-corrected chi connectivity index (χ4v) is 8.25. The van der Waals surface area contributed by atoms with Gasteiger partial charge >= 0.3 is 0 Å².